The number of fused-ring (bicyclic) bond motifs is 1. The van der Waals surface area contributed by atoms with Gasteiger partial charge in [-0.15, -0.1) is 0 Å². The zero-order valence-corrected chi connectivity index (χ0v) is 12.0. The largest absolute Gasteiger partial charge is 0.460 e. The molecule has 0 aliphatic carbocycles. The van der Waals surface area contributed by atoms with Gasteiger partial charge >= 0.3 is 5.97 Å². The highest BCUT2D eigenvalue weighted by atomic mass is 16.5. The standard InChI is InChI=1S/C15H19N3O2/c1-4-10(3)16-13-11-8-6-7-9-12(11)17-14(18-13)15(19)20-5-2/h6-10H,4-5H2,1-3H3,(H,16,17,18). The molecule has 0 fully saturated rings. The van der Waals surface area contributed by atoms with Crippen molar-refractivity contribution in [2.75, 3.05) is 11.9 Å². The van der Waals surface area contributed by atoms with Gasteiger partial charge in [0.05, 0.1) is 12.1 Å². The summed E-state index contributed by atoms with van der Waals surface area (Å²) in [5.74, 6) is 0.273. The molecule has 1 aromatic carbocycles. The van der Waals surface area contributed by atoms with E-state index in [0.29, 0.717) is 12.4 Å². The summed E-state index contributed by atoms with van der Waals surface area (Å²) in [4.78, 5) is 20.4. The molecule has 2 aromatic rings. The van der Waals surface area contributed by atoms with E-state index in [4.69, 9.17) is 4.74 Å². The Hall–Kier alpha value is -2.17. The molecule has 5 nitrogen and oxygen atoms in total. The topological polar surface area (TPSA) is 64.1 Å². The summed E-state index contributed by atoms with van der Waals surface area (Å²) in [6.07, 6.45) is 0.965. The first kappa shape index (κ1) is 14.2. The third-order valence-electron chi connectivity index (χ3n) is 3.06. The monoisotopic (exact) mass is 273 g/mol. The molecule has 0 aliphatic heterocycles. The van der Waals surface area contributed by atoms with Crippen LogP contribution in [0.25, 0.3) is 10.9 Å². The number of hydrogen-bond acceptors (Lipinski definition) is 5. The molecule has 0 bridgehead atoms. The second-order valence-corrected chi connectivity index (χ2v) is 4.59. The Morgan fingerprint density at radius 2 is 2.05 bits per heavy atom. The van der Waals surface area contributed by atoms with E-state index in [2.05, 4.69) is 29.1 Å². The van der Waals surface area contributed by atoms with Crippen LogP contribution in [0.3, 0.4) is 0 Å². The Morgan fingerprint density at radius 1 is 1.30 bits per heavy atom. The second kappa shape index (κ2) is 6.32. The normalized spacial score (nSPS) is 12.2. The number of nitrogens with zero attached hydrogens (tertiary/aromatic N) is 2. The summed E-state index contributed by atoms with van der Waals surface area (Å²) in [5, 5.41) is 4.22. The number of para-hydroxylation sites is 1. The van der Waals surface area contributed by atoms with Crippen molar-refractivity contribution in [3.8, 4) is 0 Å². The van der Waals surface area contributed by atoms with Crippen LogP contribution in [-0.4, -0.2) is 28.6 Å². The molecule has 0 spiro atoms. The first-order valence-electron chi connectivity index (χ1n) is 6.86. The fourth-order valence-electron chi connectivity index (χ4n) is 1.81. The summed E-state index contributed by atoms with van der Waals surface area (Å²) < 4.78 is 4.97. The number of aromatic nitrogens is 2. The lowest BCUT2D eigenvalue weighted by molar-refractivity contribution is 0.0512. The van der Waals surface area contributed by atoms with Crippen molar-refractivity contribution in [1.29, 1.82) is 0 Å². The van der Waals surface area contributed by atoms with Crippen LogP contribution in [0.2, 0.25) is 0 Å². The third-order valence-corrected chi connectivity index (χ3v) is 3.06. The number of esters is 1. The molecule has 1 heterocycles. The molecule has 0 aliphatic rings. The summed E-state index contributed by atoms with van der Waals surface area (Å²) in [6.45, 7) is 6.23. The number of hydrogen-bond donors (Lipinski definition) is 1. The number of carbonyl (C=O) groups is 1. The fourth-order valence-corrected chi connectivity index (χ4v) is 1.81. The van der Waals surface area contributed by atoms with Gasteiger partial charge in [0.25, 0.3) is 0 Å². The first-order valence-corrected chi connectivity index (χ1v) is 6.86. The van der Waals surface area contributed by atoms with Gasteiger partial charge < -0.3 is 10.1 Å². The minimum absolute atomic E-state index is 0.0938. The third kappa shape index (κ3) is 3.04. The smallest absolute Gasteiger partial charge is 0.376 e. The first-order chi connectivity index (χ1) is 9.65. The zero-order chi connectivity index (χ0) is 14.5. The van der Waals surface area contributed by atoms with Gasteiger partial charge in [-0.2, -0.15) is 0 Å². The highest BCUT2D eigenvalue weighted by Gasteiger charge is 2.15. The molecular weight excluding hydrogens is 254 g/mol. The van der Waals surface area contributed by atoms with Crippen LogP contribution >= 0.6 is 0 Å². The molecule has 1 atom stereocenters. The predicted molar refractivity (Wildman–Crippen MR) is 78.9 cm³/mol. The molecule has 1 aromatic heterocycles. The highest BCUT2D eigenvalue weighted by Crippen LogP contribution is 2.21. The molecule has 20 heavy (non-hydrogen) atoms. The van der Waals surface area contributed by atoms with Gasteiger partial charge in [0, 0.05) is 11.4 Å². The van der Waals surface area contributed by atoms with Crippen molar-refractivity contribution in [2.45, 2.75) is 33.2 Å². The van der Waals surface area contributed by atoms with Crippen molar-refractivity contribution in [2.24, 2.45) is 0 Å². The minimum Gasteiger partial charge on any atom is -0.460 e. The Balaban J connectivity index is 2.49. The Morgan fingerprint density at radius 3 is 2.75 bits per heavy atom. The average molecular weight is 273 g/mol. The molecule has 5 heteroatoms. The Kier molecular flexibility index (Phi) is 4.50. The number of carbonyl (C=O) groups excluding carboxylic acids is 1. The van der Waals surface area contributed by atoms with Gasteiger partial charge in [0.15, 0.2) is 0 Å². The maximum absolute atomic E-state index is 11.8. The van der Waals surface area contributed by atoms with Gasteiger partial charge in [-0.05, 0) is 32.4 Å². The lowest BCUT2D eigenvalue weighted by atomic mass is 10.2. The second-order valence-electron chi connectivity index (χ2n) is 4.59. The molecule has 0 saturated heterocycles. The van der Waals surface area contributed by atoms with Crippen molar-refractivity contribution >= 4 is 22.7 Å². The maximum Gasteiger partial charge on any atom is 0.376 e. The number of anilines is 1. The van der Waals surface area contributed by atoms with E-state index in [-0.39, 0.29) is 11.9 Å². The zero-order valence-electron chi connectivity index (χ0n) is 12.0. The molecule has 0 amide bonds. The van der Waals surface area contributed by atoms with E-state index in [1.165, 1.54) is 0 Å². The predicted octanol–water partition coefficient (Wildman–Crippen LogP) is 3.02. The Labute approximate surface area is 118 Å². The van der Waals surface area contributed by atoms with E-state index in [0.717, 1.165) is 17.3 Å². The summed E-state index contributed by atoms with van der Waals surface area (Å²) in [7, 11) is 0. The lowest BCUT2D eigenvalue weighted by Gasteiger charge is -2.14. The molecule has 106 valence electrons. The van der Waals surface area contributed by atoms with Gasteiger partial charge in [0.1, 0.15) is 5.82 Å². The lowest BCUT2D eigenvalue weighted by Crippen LogP contribution is -2.17. The number of rotatable bonds is 5. The quantitative estimate of drug-likeness (QED) is 0.848. The van der Waals surface area contributed by atoms with Crippen LogP contribution in [0, 0.1) is 0 Å². The van der Waals surface area contributed by atoms with E-state index in [1.807, 2.05) is 24.3 Å². The van der Waals surface area contributed by atoms with Crippen LogP contribution in [0.1, 0.15) is 37.8 Å². The van der Waals surface area contributed by atoms with Crippen LogP contribution in [0.5, 0.6) is 0 Å². The molecule has 2 rings (SSSR count). The van der Waals surface area contributed by atoms with Crippen LogP contribution in [0.15, 0.2) is 24.3 Å². The van der Waals surface area contributed by atoms with Crippen LogP contribution in [-0.2, 0) is 4.74 Å². The van der Waals surface area contributed by atoms with Crippen molar-refractivity contribution < 1.29 is 9.53 Å². The molecule has 0 radical (unpaired) electrons. The number of benzene rings is 1. The van der Waals surface area contributed by atoms with Gasteiger partial charge in [-0.25, -0.2) is 14.8 Å². The SMILES string of the molecule is CCOC(=O)c1nc(NC(C)CC)c2ccccc2n1. The van der Waals surface area contributed by atoms with Crippen molar-refractivity contribution in [1.82, 2.24) is 9.97 Å². The molecular formula is C15H19N3O2. The Bertz CT molecular complexity index is 613. The van der Waals surface area contributed by atoms with Gasteiger partial charge in [0.2, 0.25) is 5.82 Å². The van der Waals surface area contributed by atoms with E-state index in [9.17, 15) is 4.79 Å². The van der Waals surface area contributed by atoms with Gasteiger partial charge in [-0.1, -0.05) is 19.1 Å². The molecule has 0 saturated carbocycles. The average Bonchev–Trinajstić information content (AvgIpc) is 2.47. The maximum atomic E-state index is 11.8. The van der Waals surface area contributed by atoms with E-state index >= 15 is 0 Å². The summed E-state index contributed by atoms with van der Waals surface area (Å²) >= 11 is 0. The fraction of sp³-hybridized carbons (Fsp3) is 0.400. The van der Waals surface area contributed by atoms with Gasteiger partial charge in [-0.3, -0.25) is 0 Å². The summed E-state index contributed by atoms with van der Waals surface area (Å²) in [5.41, 5.74) is 0.733. The highest BCUT2D eigenvalue weighted by molar-refractivity contribution is 5.94. The van der Waals surface area contributed by atoms with Crippen molar-refractivity contribution in [3.63, 3.8) is 0 Å². The van der Waals surface area contributed by atoms with E-state index < -0.39 is 5.97 Å². The molecule has 1 N–H and O–H groups in total. The van der Waals surface area contributed by atoms with Crippen molar-refractivity contribution in [3.05, 3.63) is 30.1 Å². The van der Waals surface area contributed by atoms with E-state index in [1.54, 1.807) is 6.92 Å². The van der Waals surface area contributed by atoms with Crippen LogP contribution in [0.4, 0.5) is 5.82 Å². The van der Waals surface area contributed by atoms with Crippen LogP contribution < -0.4 is 5.32 Å². The molecule has 1 unspecified atom stereocenters. The number of nitrogens with one attached hydrogen (secondary N) is 1. The minimum atomic E-state index is -0.495. The number of ether oxygens (including phenoxy) is 1. The summed E-state index contributed by atoms with van der Waals surface area (Å²) in [6, 6.07) is 7.88.